The first-order valence-electron chi connectivity index (χ1n) is 6.59. The summed E-state index contributed by atoms with van der Waals surface area (Å²) in [4.78, 5) is 15.9. The highest BCUT2D eigenvalue weighted by atomic mass is 16.2. The molecule has 2 rings (SSSR count). The minimum absolute atomic E-state index is 0.228. The van der Waals surface area contributed by atoms with Gasteiger partial charge in [-0.1, -0.05) is 6.07 Å². The summed E-state index contributed by atoms with van der Waals surface area (Å²) in [6.07, 6.45) is 5.60. The maximum absolute atomic E-state index is 11.7. The van der Waals surface area contributed by atoms with Gasteiger partial charge in [0.15, 0.2) is 0 Å². The number of aryl methyl sites for hydroxylation is 3. The van der Waals surface area contributed by atoms with E-state index in [9.17, 15) is 4.79 Å². The number of urea groups is 1. The van der Waals surface area contributed by atoms with Crippen LogP contribution in [0.2, 0.25) is 0 Å². The number of aromatic nitrogens is 3. The Balaban J connectivity index is 1.67. The Hall–Kier alpha value is -2.37. The van der Waals surface area contributed by atoms with Crippen molar-refractivity contribution in [3.05, 3.63) is 41.9 Å². The average Bonchev–Trinajstić information content (AvgIpc) is 2.80. The standard InChI is InChI=1S/C14H19N5O/c1-11-5-3-7-13(17-11)18-14(20)15-8-4-6-12-9-16-19(2)10-12/h3,5,7,9-10H,4,6,8H2,1-2H3,(H2,15,17,18,20). The van der Waals surface area contributed by atoms with Gasteiger partial charge in [0.1, 0.15) is 5.82 Å². The monoisotopic (exact) mass is 273 g/mol. The van der Waals surface area contributed by atoms with Gasteiger partial charge >= 0.3 is 6.03 Å². The number of anilines is 1. The van der Waals surface area contributed by atoms with Gasteiger partial charge in [-0.05, 0) is 37.5 Å². The Morgan fingerprint density at radius 2 is 2.25 bits per heavy atom. The number of carbonyl (C=O) groups is 1. The number of amides is 2. The lowest BCUT2D eigenvalue weighted by atomic mass is 10.2. The Kier molecular flexibility index (Phi) is 4.70. The Labute approximate surface area is 118 Å². The third-order valence-corrected chi connectivity index (χ3v) is 2.82. The fraction of sp³-hybridized carbons (Fsp3) is 0.357. The smallest absolute Gasteiger partial charge is 0.320 e. The summed E-state index contributed by atoms with van der Waals surface area (Å²) in [5.41, 5.74) is 2.05. The summed E-state index contributed by atoms with van der Waals surface area (Å²) in [6.45, 7) is 2.50. The highest BCUT2D eigenvalue weighted by molar-refractivity contribution is 5.88. The van der Waals surface area contributed by atoms with Crippen LogP contribution in [-0.4, -0.2) is 27.3 Å². The third kappa shape index (κ3) is 4.38. The molecule has 0 fully saturated rings. The molecule has 20 heavy (non-hydrogen) atoms. The number of nitrogens with zero attached hydrogens (tertiary/aromatic N) is 3. The van der Waals surface area contributed by atoms with Crippen molar-refractivity contribution in [2.45, 2.75) is 19.8 Å². The summed E-state index contributed by atoms with van der Waals surface area (Å²) < 4.78 is 1.78. The third-order valence-electron chi connectivity index (χ3n) is 2.82. The lowest BCUT2D eigenvalue weighted by molar-refractivity contribution is 0.252. The predicted octanol–water partition coefficient (Wildman–Crippen LogP) is 1.88. The van der Waals surface area contributed by atoms with Crippen LogP contribution in [0.5, 0.6) is 0 Å². The van der Waals surface area contributed by atoms with Crippen molar-refractivity contribution >= 4 is 11.8 Å². The Morgan fingerprint density at radius 3 is 2.95 bits per heavy atom. The van der Waals surface area contributed by atoms with E-state index in [-0.39, 0.29) is 6.03 Å². The van der Waals surface area contributed by atoms with Gasteiger partial charge < -0.3 is 5.32 Å². The van der Waals surface area contributed by atoms with Crippen molar-refractivity contribution in [2.75, 3.05) is 11.9 Å². The normalized spacial score (nSPS) is 10.3. The molecule has 2 aromatic rings. The highest BCUT2D eigenvalue weighted by Crippen LogP contribution is 2.03. The second kappa shape index (κ2) is 6.70. The molecular formula is C14H19N5O. The lowest BCUT2D eigenvalue weighted by Gasteiger charge is -2.07. The zero-order valence-corrected chi connectivity index (χ0v) is 11.8. The summed E-state index contributed by atoms with van der Waals surface area (Å²) in [5.74, 6) is 0.565. The minimum atomic E-state index is -0.228. The van der Waals surface area contributed by atoms with E-state index in [2.05, 4.69) is 20.7 Å². The molecule has 106 valence electrons. The molecule has 0 spiro atoms. The van der Waals surface area contributed by atoms with Crippen LogP contribution in [0.3, 0.4) is 0 Å². The van der Waals surface area contributed by atoms with E-state index in [1.165, 1.54) is 5.56 Å². The lowest BCUT2D eigenvalue weighted by Crippen LogP contribution is -2.30. The number of pyridine rings is 1. The van der Waals surface area contributed by atoms with E-state index in [4.69, 9.17) is 0 Å². The van der Waals surface area contributed by atoms with Gasteiger partial charge in [0, 0.05) is 25.5 Å². The number of nitrogens with one attached hydrogen (secondary N) is 2. The molecule has 6 nitrogen and oxygen atoms in total. The zero-order valence-electron chi connectivity index (χ0n) is 11.8. The van der Waals surface area contributed by atoms with Gasteiger partial charge in [0.05, 0.1) is 6.20 Å². The van der Waals surface area contributed by atoms with Crippen LogP contribution in [0.4, 0.5) is 10.6 Å². The molecule has 0 radical (unpaired) electrons. The fourth-order valence-corrected chi connectivity index (χ4v) is 1.87. The maximum atomic E-state index is 11.7. The second-order valence-electron chi connectivity index (χ2n) is 4.67. The summed E-state index contributed by atoms with van der Waals surface area (Å²) >= 11 is 0. The van der Waals surface area contributed by atoms with Gasteiger partial charge in [-0.15, -0.1) is 0 Å². The van der Waals surface area contributed by atoms with Crippen molar-refractivity contribution in [2.24, 2.45) is 7.05 Å². The molecule has 0 aliphatic carbocycles. The highest BCUT2D eigenvalue weighted by Gasteiger charge is 2.02. The summed E-state index contributed by atoms with van der Waals surface area (Å²) in [6, 6.07) is 5.29. The van der Waals surface area contributed by atoms with Gasteiger partial charge in [-0.2, -0.15) is 5.10 Å². The van der Waals surface area contributed by atoms with E-state index >= 15 is 0 Å². The first kappa shape index (κ1) is 14.0. The predicted molar refractivity (Wildman–Crippen MR) is 77.5 cm³/mol. The molecule has 0 atom stereocenters. The van der Waals surface area contributed by atoms with E-state index < -0.39 is 0 Å². The van der Waals surface area contributed by atoms with Crippen LogP contribution in [0, 0.1) is 6.92 Å². The van der Waals surface area contributed by atoms with Crippen molar-refractivity contribution in [1.82, 2.24) is 20.1 Å². The van der Waals surface area contributed by atoms with E-state index in [1.807, 2.05) is 38.5 Å². The maximum Gasteiger partial charge on any atom is 0.320 e. The van der Waals surface area contributed by atoms with Gasteiger partial charge in [-0.3, -0.25) is 10.00 Å². The molecule has 2 heterocycles. The molecule has 2 amide bonds. The average molecular weight is 273 g/mol. The second-order valence-corrected chi connectivity index (χ2v) is 4.67. The molecule has 2 N–H and O–H groups in total. The van der Waals surface area contributed by atoms with Crippen LogP contribution in [-0.2, 0) is 13.5 Å². The molecular weight excluding hydrogens is 254 g/mol. The number of hydrogen-bond acceptors (Lipinski definition) is 3. The van der Waals surface area contributed by atoms with Crippen LogP contribution in [0.25, 0.3) is 0 Å². The van der Waals surface area contributed by atoms with Gasteiger partial charge in [0.2, 0.25) is 0 Å². The minimum Gasteiger partial charge on any atom is -0.338 e. The molecule has 0 aromatic carbocycles. The quantitative estimate of drug-likeness (QED) is 0.817. The van der Waals surface area contributed by atoms with Gasteiger partial charge in [-0.25, -0.2) is 9.78 Å². The summed E-state index contributed by atoms with van der Waals surface area (Å²) in [5, 5.41) is 9.62. The number of rotatable bonds is 5. The van der Waals surface area contributed by atoms with E-state index in [0.717, 1.165) is 18.5 Å². The molecule has 0 unspecified atom stereocenters. The van der Waals surface area contributed by atoms with Crippen LogP contribution >= 0.6 is 0 Å². The first-order valence-corrected chi connectivity index (χ1v) is 6.59. The zero-order chi connectivity index (χ0) is 14.4. The van der Waals surface area contributed by atoms with Crippen LogP contribution in [0.1, 0.15) is 17.7 Å². The Morgan fingerprint density at radius 1 is 1.40 bits per heavy atom. The molecule has 0 saturated heterocycles. The van der Waals surface area contributed by atoms with Crippen LogP contribution < -0.4 is 10.6 Å². The number of carbonyl (C=O) groups excluding carboxylic acids is 1. The number of hydrogen-bond donors (Lipinski definition) is 2. The molecule has 2 aromatic heterocycles. The molecule has 0 saturated carbocycles. The van der Waals surface area contributed by atoms with Gasteiger partial charge in [0.25, 0.3) is 0 Å². The molecule has 0 aliphatic heterocycles. The van der Waals surface area contributed by atoms with E-state index in [0.29, 0.717) is 12.4 Å². The molecule has 0 aliphatic rings. The van der Waals surface area contributed by atoms with Crippen molar-refractivity contribution < 1.29 is 4.79 Å². The van der Waals surface area contributed by atoms with E-state index in [1.54, 1.807) is 10.7 Å². The Bertz CT molecular complexity index is 578. The fourth-order valence-electron chi connectivity index (χ4n) is 1.87. The topological polar surface area (TPSA) is 71.8 Å². The van der Waals surface area contributed by atoms with Crippen molar-refractivity contribution in [1.29, 1.82) is 0 Å². The SMILES string of the molecule is Cc1cccc(NC(=O)NCCCc2cnn(C)c2)n1. The van der Waals surface area contributed by atoms with Crippen molar-refractivity contribution in [3.8, 4) is 0 Å². The van der Waals surface area contributed by atoms with Crippen LogP contribution in [0.15, 0.2) is 30.6 Å². The summed E-state index contributed by atoms with van der Waals surface area (Å²) in [7, 11) is 1.89. The first-order chi connectivity index (χ1) is 9.63. The largest absolute Gasteiger partial charge is 0.338 e. The molecule has 6 heteroatoms. The molecule has 0 bridgehead atoms. The van der Waals surface area contributed by atoms with Crippen molar-refractivity contribution in [3.63, 3.8) is 0 Å².